The predicted octanol–water partition coefficient (Wildman–Crippen LogP) is 3.75. The van der Waals surface area contributed by atoms with Crippen LogP contribution in [0.3, 0.4) is 0 Å². The molecule has 3 atom stereocenters. The van der Waals surface area contributed by atoms with Gasteiger partial charge in [0, 0.05) is 12.0 Å². The summed E-state index contributed by atoms with van der Waals surface area (Å²) in [7, 11) is 0. The van der Waals surface area contributed by atoms with Crippen LogP contribution in [0, 0.1) is 28.6 Å². The summed E-state index contributed by atoms with van der Waals surface area (Å²) in [6.07, 6.45) is 8.40. The number of carbonyl (C=O) groups is 1. The third-order valence-corrected chi connectivity index (χ3v) is 6.20. The van der Waals surface area contributed by atoms with Crippen molar-refractivity contribution in [2.45, 2.75) is 72.3 Å². The Bertz CT molecular complexity index is 373. The summed E-state index contributed by atoms with van der Waals surface area (Å²) in [4.78, 5) is 12.0. The highest BCUT2D eigenvalue weighted by Crippen LogP contribution is 2.66. The minimum atomic E-state index is 0.104. The maximum Gasteiger partial charge on any atom is 0.222 e. The largest absolute Gasteiger partial charge is 0.353 e. The average Bonchev–Trinajstić information content (AvgIpc) is 2.24. The lowest BCUT2D eigenvalue weighted by molar-refractivity contribution is -0.135. The van der Waals surface area contributed by atoms with Crippen LogP contribution in [-0.2, 0) is 4.79 Å². The molecule has 0 aromatic carbocycles. The van der Waals surface area contributed by atoms with Crippen molar-refractivity contribution in [1.82, 2.24) is 5.32 Å². The van der Waals surface area contributed by atoms with Crippen molar-refractivity contribution < 1.29 is 4.79 Å². The molecule has 4 rings (SSSR count). The van der Waals surface area contributed by atoms with Crippen molar-refractivity contribution in [3.63, 3.8) is 0 Å². The molecule has 0 radical (unpaired) electrons. The Morgan fingerprint density at radius 2 is 1.68 bits per heavy atom. The van der Waals surface area contributed by atoms with E-state index >= 15 is 0 Å². The van der Waals surface area contributed by atoms with E-state index in [1.165, 1.54) is 38.5 Å². The normalized spacial score (nSPS) is 45.5. The molecule has 2 heteroatoms. The molecule has 0 spiro atoms. The molecular weight excluding hydrogens is 234 g/mol. The van der Waals surface area contributed by atoms with Crippen LogP contribution in [0.15, 0.2) is 0 Å². The molecule has 4 saturated carbocycles. The molecule has 0 heterocycles. The predicted molar refractivity (Wildman–Crippen MR) is 77.7 cm³/mol. The SMILES string of the molecule is CC(C)C(=O)NC(C)C12CC3CC(CC(C)(C3)C1)C2. The van der Waals surface area contributed by atoms with Gasteiger partial charge in [0.15, 0.2) is 0 Å². The van der Waals surface area contributed by atoms with Crippen molar-refractivity contribution >= 4 is 5.91 Å². The number of amides is 1. The quantitative estimate of drug-likeness (QED) is 0.825. The maximum atomic E-state index is 12.0. The fraction of sp³-hybridized carbons (Fsp3) is 0.941. The molecule has 4 aliphatic rings. The smallest absolute Gasteiger partial charge is 0.222 e. The van der Waals surface area contributed by atoms with E-state index in [4.69, 9.17) is 0 Å². The van der Waals surface area contributed by atoms with E-state index in [0.29, 0.717) is 16.9 Å². The van der Waals surface area contributed by atoms with Gasteiger partial charge in [-0.2, -0.15) is 0 Å². The third kappa shape index (κ3) is 2.21. The summed E-state index contributed by atoms with van der Waals surface area (Å²) in [5.74, 6) is 2.20. The molecule has 19 heavy (non-hydrogen) atoms. The Kier molecular flexibility index (Phi) is 3.00. The van der Waals surface area contributed by atoms with E-state index in [9.17, 15) is 4.79 Å². The molecule has 1 amide bonds. The lowest BCUT2D eigenvalue weighted by Crippen LogP contribution is -2.58. The van der Waals surface area contributed by atoms with Gasteiger partial charge in [0.05, 0.1) is 0 Å². The fourth-order valence-corrected chi connectivity index (χ4v) is 5.84. The molecule has 4 bridgehead atoms. The monoisotopic (exact) mass is 263 g/mol. The first-order chi connectivity index (χ1) is 8.82. The summed E-state index contributed by atoms with van der Waals surface area (Å²) in [5, 5.41) is 3.31. The lowest BCUT2D eigenvalue weighted by atomic mass is 9.43. The Morgan fingerprint density at radius 3 is 2.16 bits per heavy atom. The van der Waals surface area contributed by atoms with E-state index in [1.54, 1.807) is 0 Å². The fourth-order valence-electron chi connectivity index (χ4n) is 5.84. The van der Waals surface area contributed by atoms with Crippen LogP contribution in [0.1, 0.15) is 66.2 Å². The standard InChI is InChI=1S/C17H29NO/c1-11(2)15(19)18-12(3)17-8-13-5-14(9-17)7-16(4,6-13)10-17/h11-14H,5-10H2,1-4H3,(H,18,19). The molecule has 4 aliphatic carbocycles. The summed E-state index contributed by atoms with van der Waals surface area (Å²) in [6, 6.07) is 0.354. The van der Waals surface area contributed by atoms with E-state index in [2.05, 4.69) is 19.2 Å². The second kappa shape index (κ2) is 4.23. The van der Waals surface area contributed by atoms with Gasteiger partial charge in [-0.3, -0.25) is 4.79 Å². The molecule has 0 aromatic rings. The van der Waals surface area contributed by atoms with Crippen molar-refractivity contribution in [2.75, 3.05) is 0 Å². The van der Waals surface area contributed by atoms with Gasteiger partial charge in [-0.25, -0.2) is 0 Å². The Morgan fingerprint density at radius 1 is 1.11 bits per heavy atom. The summed E-state index contributed by atoms with van der Waals surface area (Å²) >= 11 is 0. The second-order valence-corrected chi connectivity index (χ2v) is 8.52. The van der Waals surface area contributed by atoms with Gasteiger partial charge in [0.1, 0.15) is 0 Å². The highest BCUT2D eigenvalue weighted by molar-refractivity contribution is 5.78. The molecule has 108 valence electrons. The van der Waals surface area contributed by atoms with Crippen LogP contribution in [0.4, 0.5) is 0 Å². The van der Waals surface area contributed by atoms with Gasteiger partial charge in [0.25, 0.3) is 0 Å². The summed E-state index contributed by atoms with van der Waals surface area (Å²) in [5.41, 5.74) is 0.976. The van der Waals surface area contributed by atoms with Gasteiger partial charge in [-0.1, -0.05) is 20.8 Å². The van der Waals surface area contributed by atoms with Gasteiger partial charge in [-0.05, 0) is 68.1 Å². The molecule has 2 nitrogen and oxygen atoms in total. The molecule has 0 saturated heterocycles. The number of nitrogens with one attached hydrogen (secondary N) is 1. The minimum absolute atomic E-state index is 0.104. The highest BCUT2D eigenvalue weighted by atomic mass is 16.1. The molecule has 3 unspecified atom stereocenters. The average molecular weight is 263 g/mol. The van der Waals surface area contributed by atoms with Crippen molar-refractivity contribution in [3.8, 4) is 0 Å². The van der Waals surface area contributed by atoms with E-state index in [1.807, 2.05) is 13.8 Å². The number of hydrogen-bond acceptors (Lipinski definition) is 1. The molecule has 0 aliphatic heterocycles. The zero-order valence-electron chi connectivity index (χ0n) is 13.0. The van der Waals surface area contributed by atoms with Crippen LogP contribution in [0.5, 0.6) is 0 Å². The maximum absolute atomic E-state index is 12.0. The number of carbonyl (C=O) groups excluding carboxylic acids is 1. The van der Waals surface area contributed by atoms with Crippen LogP contribution < -0.4 is 5.32 Å². The highest BCUT2D eigenvalue weighted by Gasteiger charge is 2.57. The van der Waals surface area contributed by atoms with E-state index in [0.717, 1.165) is 11.8 Å². The Hall–Kier alpha value is -0.530. The van der Waals surface area contributed by atoms with Crippen molar-refractivity contribution in [1.29, 1.82) is 0 Å². The Balaban J connectivity index is 1.78. The van der Waals surface area contributed by atoms with Crippen LogP contribution in [0.25, 0.3) is 0 Å². The van der Waals surface area contributed by atoms with Crippen molar-refractivity contribution in [3.05, 3.63) is 0 Å². The first-order valence-corrected chi connectivity index (χ1v) is 8.12. The zero-order chi connectivity index (χ0) is 13.8. The van der Waals surface area contributed by atoms with Crippen LogP contribution >= 0.6 is 0 Å². The molecule has 0 aromatic heterocycles. The van der Waals surface area contributed by atoms with Gasteiger partial charge in [0.2, 0.25) is 5.91 Å². The zero-order valence-corrected chi connectivity index (χ0v) is 13.0. The molecular formula is C17H29NO. The van der Waals surface area contributed by atoms with Crippen LogP contribution in [-0.4, -0.2) is 11.9 Å². The Labute approximate surface area is 117 Å². The third-order valence-electron chi connectivity index (χ3n) is 6.20. The minimum Gasteiger partial charge on any atom is -0.353 e. The lowest BCUT2D eigenvalue weighted by Gasteiger charge is -2.63. The van der Waals surface area contributed by atoms with Gasteiger partial charge >= 0.3 is 0 Å². The second-order valence-electron chi connectivity index (χ2n) is 8.52. The van der Waals surface area contributed by atoms with Gasteiger partial charge in [-0.15, -0.1) is 0 Å². The first-order valence-electron chi connectivity index (χ1n) is 8.12. The number of hydrogen-bond donors (Lipinski definition) is 1. The van der Waals surface area contributed by atoms with E-state index in [-0.39, 0.29) is 11.8 Å². The topological polar surface area (TPSA) is 29.1 Å². The first kappa shape index (κ1) is 13.5. The van der Waals surface area contributed by atoms with Crippen LogP contribution in [0.2, 0.25) is 0 Å². The molecule has 1 N–H and O–H groups in total. The van der Waals surface area contributed by atoms with Crippen molar-refractivity contribution in [2.24, 2.45) is 28.6 Å². The van der Waals surface area contributed by atoms with Gasteiger partial charge < -0.3 is 5.32 Å². The summed E-state index contributed by atoms with van der Waals surface area (Å²) in [6.45, 7) is 8.74. The summed E-state index contributed by atoms with van der Waals surface area (Å²) < 4.78 is 0. The molecule has 4 fully saturated rings. The number of rotatable bonds is 3. The van der Waals surface area contributed by atoms with E-state index < -0.39 is 0 Å².